The largest absolute Gasteiger partial charge is 0.352 e. The number of aromatic nitrogens is 1. The van der Waals surface area contributed by atoms with E-state index in [2.05, 4.69) is 5.32 Å². The lowest BCUT2D eigenvalue weighted by molar-refractivity contribution is 0.0953. The third kappa shape index (κ3) is 4.83. The molecule has 0 spiro atoms. The van der Waals surface area contributed by atoms with Crippen LogP contribution in [-0.2, 0) is 13.0 Å². The van der Waals surface area contributed by atoms with E-state index in [1.54, 1.807) is 24.3 Å². The van der Waals surface area contributed by atoms with Crippen molar-refractivity contribution in [3.63, 3.8) is 0 Å². The van der Waals surface area contributed by atoms with E-state index in [0.717, 1.165) is 5.56 Å². The maximum absolute atomic E-state index is 13.6. The molecule has 3 rings (SSSR count). The molecule has 2 aromatic carbocycles. The van der Waals surface area contributed by atoms with E-state index in [-0.39, 0.29) is 23.8 Å². The van der Waals surface area contributed by atoms with Gasteiger partial charge < -0.3 is 9.88 Å². The molecule has 0 unspecified atom stereocenters. The minimum absolute atomic E-state index is 0.224. The van der Waals surface area contributed by atoms with Gasteiger partial charge in [-0.3, -0.25) is 9.59 Å². The molecule has 3 aromatic rings. The second-order valence-corrected chi connectivity index (χ2v) is 6.48. The highest BCUT2D eigenvalue weighted by Crippen LogP contribution is 2.15. The summed E-state index contributed by atoms with van der Waals surface area (Å²) in [5, 5.41) is 3.31. The zero-order valence-corrected chi connectivity index (χ0v) is 15.2. The van der Waals surface area contributed by atoms with Crippen molar-refractivity contribution in [3.05, 3.63) is 105 Å². The molecule has 0 radical (unpaired) electrons. The molecule has 6 heteroatoms. The van der Waals surface area contributed by atoms with Crippen molar-refractivity contribution in [1.29, 1.82) is 0 Å². The maximum Gasteiger partial charge on any atom is 0.252 e. The first kappa shape index (κ1) is 18.9. The highest BCUT2D eigenvalue weighted by atomic mass is 35.5. The van der Waals surface area contributed by atoms with Crippen LogP contribution in [0, 0.1) is 5.82 Å². The van der Waals surface area contributed by atoms with Crippen molar-refractivity contribution in [3.8, 4) is 0 Å². The summed E-state index contributed by atoms with van der Waals surface area (Å²) in [6, 6.07) is 16.5. The molecule has 138 valence electrons. The fraction of sp³-hybridized carbons (Fsp3) is 0.143. The molecule has 0 saturated heterocycles. The lowest BCUT2D eigenvalue weighted by atomic mass is 10.1. The fourth-order valence-corrected chi connectivity index (χ4v) is 2.91. The van der Waals surface area contributed by atoms with Crippen LogP contribution in [0.3, 0.4) is 0 Å². The summed E-state index contributed by atoms with van der Waals surface area (Å²) in [6.45, 7) is 0.568. The number of amides is 1. The minimum Gasteiger partial charge on any atom is -0.352 e. The Bertz CT molecular complexity index is 1020. The van der Waals surface area contributed by atoms with Crippen LogP contribution in [-0.4, -0.2) is 17.0 Å². The smallest absolute Gasteiger partial charge is 0.252 e. The molecule has 0 bridgehead atoms. The molecule has 1 heterocycles. The number of carbonyl (C=O) groups excluding carboxylic acids is 1. The molecule has 0 fully saturated rings. The van der Waals surface area contributed by atoms with Crippen molar-refractivity contribution >= 4 is 17.5 Å². The number of nitrogens with zero attached hydrogens (tertiary/aromatic N) is 1. The Labute approximate surface area is 161 Å². The van der Waals surface area contributed by atoms with Crippen LogP contribution >= 0.6 is 11.6 Å². The number of hydrogen-bond donors (Lipinski definition) is 1. The fourth-order valence-electron chi connectivity index (χ4n) is 2.71. The third-order valence-corrected chi connectivity index (χ3v) is 4.55. The normalized spacial score (nSPS) is 10.6. The molecule has 1 N–H and O–H groups in total. The highest BCUT2D eigenvalue weighted by molar-refractivity contribution is 6.31. The van der Waals surface area contributed by atoms with E-state index >= 15 is 0 Å². The number of carbonyl (C=O) groups is 1. The van der Waals surface area contributed by atoms with Gasteiger partial charge in [0, 0.05) is 23.8 Å². The lowest BCUT2D eigenvalue weighted by Crippen LogP contribution is -2.28. The summed E-state index contributed by atoms with van der Waals surface area (Å²) in [4.78, 5) is 24.4. The van der Waals surface area contributed by atoms with Gasteiger partial charge in [-0.15, -0.1) is 0 Å². The zero-order valence-electron chi connectivity index (χ0n) is 14.5. The Hall–Kier alpha value is -2.92. The van der Waals surface area contributed by atoms with Crippen LogP contribution in [0.5, 0.6) is 0 Å². The summed E-state index contributed by atoms with van der Waals surface area (Å²) in [6.07, 6.45) is 1.89. The van der Waals surface area contributed by atoms with Gasteiger partial charge >= 0.3 is 0 Å². The van der Waals surface area contributed by atoms with Crippen LogP contribution < -0.4 is 10.9 Å². The standard InChI is InChI=1S/C21H18ClFN2O2/c22-18-7-3-1-6-16(18)13-25-14-17(9-10-20(25)26)21(27)24-12-11-15-5-2-4-8-19(15)23/h1-10,14H,11-13H2,(H,24,27). The van der Waals surface area contributed by atoms with Crippen molar-refractivity contribution in [2.45, 2.75) is 13.0 Å². The quantitative estimate of drug-likeness (QED) is 0.705. The Morgan fingerprint density at radius 2 is 1.70 bits per heavy atom. The first-order chi connectivity index (χ1) is 13.0. The number of hydrogen-bond acceptors (Lipinski definition) is 2. The van der Waals surface area contributed by atoms with E-state index < -0.39 is 0 Å². The molecule has 0 saturated carbocycles. The van der Waals surface area contributed by atoms with Gasteiger partial charge in [0.15, 0.2) is 0 Å². The molecule has 4 nitrogen and oxygen atoms in total. The van der Waals surface area contributed by atoms with Gasteiger partial charge in [0.2, 0.25) is 0 Å². The monoisotopic (exact) mass is 384 g/mol. The lowest BCUT2D eigenvalue weighted by Gasteiger charge is -2.10. The Balaban J connectivity index is 1.68. The first-order valence-corrected chi connectivity index (χ1v) is 8.88. The van der Waals surface area contributed by atoms with Crippen LogP contribution in [0.25, 0.3) is 0 Å². The van der Waals surface area contributed by atoms with Crippen LogP contribution in [0.1, 0.15) is 21.5 Å². The van der Waals surface area contributed by atoms with E-state index in [4.69, 9.17) is 11.6 Å². The van der Waals surface area contributed by atoms with Gasteiger partial charge in [-0.25, -0.2) is 4.39 Å². The number of rotatable bonds is 6. The molecule has 0 atom stereocenters. The predicted octanol–water partition coefficient (Wildman–Crippen LogP) is 3.66. The number of halogens is 2. The van der Waals surface area contributed by atoms with E-state index in [1.165, 1.54) is 29.0 Å². The van der Waals surface area contributed by atoms with Crippen LogP contribution in [0.15, 0.2) is 71.7 Å². The van der Waals surface area contributed by atoms with Gasteiger partial charge in [-0.1, -0.05) is 48.0 Å². The van der Waals surface area contributed by atoms with Gasteiger partial charge in [-0.05, 0) is 35.7 Å². The van der Waals surface area contributed by atoms with E-state index in [1.807, 2.05) is 18.2 Å². The molecule has 1 aromatic heterocycles. The van der Waals surface area contributed by atoms with Crippen LogP contribution in [0.4, 0.5) is 4.39 Å². The summed E-state index contributed by atoms with van der Waals surface area (Å²) in [7, 11) is 0. The first-order valence-electron chi connectivity index (χ1n) is 8.50. The Morgan fingerprint density at radius 1 is 1.00 bits per heavy atom. The van der Waals surface area contributed by atoms with E-state index in [9.17, 15) is 14.0 Å². The predicted molar refractivity (Wildman–Crippen MR) is 104 cm³/mol. The van der Waals surface area contributed by atoms with E-state index in [0.29, 0.717) is 29.1 Å². The number of nitrogens with one attached hydrogen (secondary N) is 1. The molecule has 1 amide bonds. The molecule has 0 aliphatic carbocycles. The average Bonchev–Trinajstić information content (AvgIpc) is 2.66. The average molecular weight is 385 g/mol. The van der Waals surface area contributed by atoms with Gasteiger partial charge in [0.25, 0.3) is 11.5 Å². The Kier molecular flexibility index (Phi) is 6.04. The minimum atomic E-state index is -0.320. The number of benzene rings is 2. The second kappa shape index (κ2) is 8.64. The molecular formula is C21H18ClFN2O2. The summed E-state index contributed by atoms with van der Waals surface area (Å²) < 4.78 is 15.0. The van der Waals surface area contributed by atoms with Crippen molar-refractivity contribution in [2.75, 3.05) is 6.54 Å². The highest BCUT2D eigenvalue weighted by Gasteiger charge is 2.09. The van der Waals surface area contributed by atoms with Crippen LogP contribution in [0.2, 0.25) is 5.02 Å². The topological polar surface area (TPSA) is 51.1 Å². The van der Waals surface area contributed by atoms with Gasteiger partial charge in [0.1, 0.15) is 5.82 Å². The maximum atomic E-state index is 13.6. The van der Waals surface area contributed by atoms with Gasteiger partial charge in [-0.2, -0.15) is 0 Å². The molecular weight excluding hydrogens is 367 g/mol. The summed E-state index contributed by atoms with van der Waals surface area (Å²) in [5.41, 5.74) is 1.47. The summed E-state index contributed by atoms with van der Waals surface area (Å²) in [5.74, 6) is -0.612. The van der Waals surface area contributed by atoms with Crippen molar-refractivity contribution in [1.82, 2.24) is 9.88 Å². The molecule has 0 aliphatic rings. The molecule has 0 aliphatic heterocycles. The van der Waals surface area contributed by atoms with Crippen molar-refractivity contribution in [2.24, 2.45) is 0 Å². The third-order valence-electron chi connectivity index (χ3n) is 4.18. The van der Waals surface area contributed by atoms with Crippen molar-refractivity contribution < 1.29 is 9.18 Å². The summed E-state index contributed by atoms with van der Waals surface area (Å²) >= 11 is 6.14. The zero-order chi connectivity index (χ0) is 19.2. The molecule has 27 heavy (non-hydrogen) atoms. The second-order valence-electron chi connectivity index (χ2n) is 6.07. The van der Waals surface area contributed by atoms with Gasteiger partial charge in [0.05, 0.1) is 12.1 Å². The number of pyridine rings is 1. The SMILES string of the molecule is O=C(NCCc1ccccc1F)c1ccc(=O)n(Cc2ccccc2Cl)c1. The Morgan fingerprint density at radius 3 is 2.44 bits per heavy atom.